The number of aryl methyl sites for hydroxylation is 1. The smallest absolute Gasteiger partial charge is 0.308 e. The second-order valence-corrected chi connectivity index (χ2v) is 4.47. The number of carboxylic acids is 1. The number of nitro benzene ring substituents is 1. The number of rotatable bonds is 7. The van der Waals surface area contributed by atoms with Gasteiger partial charge >= 0.3 is 5.97 Å². The maximum atomic E-state index is 11.5. The fourth-order valence-corrected chi connectivity index (χ4v) is 1.53. The minimum absolute atomic E-state index is 0.0117. The van der Waals surface area contributed by atoms with Crippen molar-refractivity contribution in [3.05, 3.63) is 39.9 Å². The van der Waals surface area contributed by atoms with Crippen LogP contribution in [0.2, 0.25) is 0 Å². The van der Waals surface area contributed by atoms with Crippen LogP contribution in [0.15, 0.2) is 24.3 Å². The molecule has 0 bridgehead atoms. The van der Waals surface area contributed by atoms with E-state index in [0.29, 0.717) is 12.0 Å². The first-order chi connectivity index (χ1) is 9.40. The van der Waals surface area contributed by atoms with E-state index in [1.54, 1.807) is 12.1 Å². The summed E-state index contributed by atoms with van der Waals surface area (Å²) in [5.74, 6) is -1.88. The molecule has 7 nitrogen and oxygen atoms in total. The Hall–Kier alpha value is -2.44. The van der Waals surface area contributed by atoms with E-state index in [1.165, 1.54) is 19.1 Å². The van der Waals surface area contributed by atoms with Crippen molar-refractivity contribution in [2.24, 2.45) is 5.92 Å². The number of hydrogen-bond acceptors (Lipinski definition) is 4. The van der Waals surface area contributed by atoms with Gasteiger partial charge in [-0.2, -0.15) is 0 Å². The van der Waals surface area contributed by atoms with Crippen LogP contribution in [0.1, 0.15) is 18.9 Å². The van der Waals surface area contributed by atoms with Crippen LogP contribution in [-0.4, -0.2) is 28.5 Å². The van der Waals surface area contributed by atoms with Crippen LogP contribution in [0.5, 0.6) is 0 Å². The molecule has 0 aromatic heterocycles. The van der Waals surface area contributed by atoms with Gasteiger partial charge in [-0.3, -0.25) is 19.7 Å². The van der Waals surface area contributed by atoms with Gasteiger partial charge in [-0.1, -0.05) is 19.1 Å². The molecule has 1 aromatic rings. The average molecular weight is 280 g/mol. The fourth-order valence-electron chi connectivity index (χ4n) is 1.53. The molecule has 0 saturated heterocycles. The molecule has 1 aromatic carbocycles. The van der Waals surface area contributed by atoms with E-state index in [4.69, 9.17) is 5.11 Å². The van der Waals surface area contributed by atoms with Gasteiger partial charge in [0.15, 0.2) is 0 Å². The Morgan fingerprint density at radius 3 is 2.75 bits per heavy atom. The van der Waals surface area contributed by atoms with Gasteiger partial charge in [0, 0.05) is 25.1 Å². The number of carboxylic acid groups (broad SMARTS) is 1. The van der Waals surface area contributed by atoms with Crippen molar-refractivity contribution in [2.75, 3.05) is 6.54 Å². The largest absolute Gasteiger partial charge is 0.481 e. The quantitative estimate of drug-likeness (QED) is 0.579. The van der Waals surface area contributed by atoms with Crippen molar-refractivity contribution in [1.29, 1.82) is 0 Å². The lowest BCUT2D eigenvalue weighted by atomic mass is 10.1. The highest BCUT2D eigenvalue weighted by atomic mass is 16.6. The van der Waals surface area contributed by atoms with Crippen LogP contribution in [0.25, 0.3) is 0 Å². The van der Waals surface area contributed by atoms with Gasteiger partial charge in [-0.15, -0.1) is 0 Å². The summed E-state index contributed by atoms with van der Waals surface area (Å²) in [7, 11) is 0. The number of nitrogens with zero attached hydrogens (tertiary/aromatic N) is 1. The zero-order chi connectivity index (χ0) is 15.1. The molecule has 0 heterocycles. The maximum absolute atomic E-state index is 11.5. The highest BCUT2D eigenvalue weighted by Crippen LogP contribution is 2.14. The summed E-state index contributed by atoms with van der Waals surface area (Å²) >= 11 is 0. The van der Waals surface area contributed by atoms with E-state index < -0.39 is 16.8 Å². The molecule has 1 atom stereocenters. The molecule has 20 heavy (non-hydrogen) atoms. The van der Waals surface area contributed by atoms with E-state index in [9.17, 15) is 19.7 Å². The molecule has 0 spiro atoms. The summed E-state index contributed by atoms with van der Waals surface area (Å²) < 4.78 is 0. The van der Waals surface area contributed by atoms with Crippen molar-refractivity contribution < 1.29 is 19.6 Å². The third-order valence-electron chi connectivity index (χ3n) is 2.79. The van der Waals surface area contributed by atoms with Crippen LogP contribution < -0.4 is 5.32 Å². The minimum Gasteiger partial charge on any atom is -0.481 e. The minimum atomic E-state index is -0.969. The Kier molecular flexibility index (Phi) is 5.64. The first-order valence-electron chi connectivity index (χ1n) is 6.13. The number of amides is 1. The summed E-state index contributed by atoms with van der Waals surface area (Å²) in [5.41, 5.74) is 0.683. The Morgan fingerprint density at radius 2 is 2.15 bits per heavy atom. The Labute approximate surface area is 115 Å². The van der Waals surface area contributed by atoms with Gasteiger partial charge < -0.3 is 10.4 Å². The predicted octanol–water partition coefficient (Wildman–Crippen LogP) is 1.36. The Balaban J connectivity index is 2.43. The predicted molar refractivity (Wildman–Crippen MR) is 71.2 cm³/mol. The van der Waals surface area contributed by atoms with Crippen molar-refractivity contribution >= 4 is 17.6 Å². The molecule has 1 amide bonds. The third-order valence-corrected chi connectivity index (χ3v) is 2.79. The molecule has 7 heteroatoms. The second-order valence-electron chi connectivity index (χ2n) is 4.47. The molecular weight excluding hydrogens is 264 g/mol. The SMILES string of the molecule is CC(CNC(=O)CCc1cccc([N+](=O)[O-])c1)C(=O)O. The van der Waals surface area contributed by atoms with Crippen molar-refractivity contribution in [1.82, 2.24) is 5.32 Å². The van der Waals surface area contributed by atoms with Crippen LogP contribution >= 0.6 is 0 Å². The number of hydrogen-bond donors (Lipinski definition) is 2. The number of nitrogens with one attached hydrogen (secondary N) is 1. The number of aliphatic carboxylic acids is 1. The van der Waals surface area contributed by atoms with E-state index in [1.807, 2.05) is 0 Å². The molecule has 0 aliphatic carbocycles. The molecule has 0 fully saturated rings. The molecule has 108 valence electrons. The maximum Gasteiger partial charge on any atom is 0.308 e. The molecule has 1 rings (SSSR count). The summed E-state index contributed by atoms with van der Waals surface area (Å²) in [6.07, 6.45) is 0.530. The zero-order valence-electron chi connectivity index (χ0n) is 11.0. The van der Waals surface area contributed by atoms with Gasteiger partial charge in [0.1, 0.15) is 0 Å². The fraction of sp³-hybridized carbons (Fsp3) is 0.385. The monoisotopic (exact) mass is 280 g/mol. The zero-order valence-corrected chi connectivity index (χ0v) is 11.0. The summed E-state index contributed by atoms with van der Waals surface area (Å²) in [5, 5.41) is 21.8. The lowest BCUT2D eigenvalue weighted by Crippen LogP contribution is -2.31. The van der Waals surface area contributed by atoms with E-state index in [-0.39, 0.29) is 24.6 Å². The molecule has 0 radical (unpaired) electrons. The molecular formula is C13H16N2O5. The summed E-state index contributed by atoms with van der Waals surface area (Å²) in [4.78, 5) is 32.2. The van der Waals surface area contributed by atoms with Gasteiger partial charge in [0.2, 0.25) is 5.91 Å². The molecule has 2 N–H and O–H groups in total. The number of non-ortho nitro benzene ring substituents is 1. The van der Waals surface area contributed by atoms with E-state index in [0.717, 1.165) is 0 Å². The van der Waals surface area contributed by atoms with Crippen molar-refractivity contribution in [2.45, 2.75) is 19.8 Å². The van der Waals surface area contributed by atoms with Crippen molar-refractivity contribution in [3.8, 4) is 0 Å². The third kappa shape index (κ3) is 5.05. The van der Waals surface area contributed by atoms with Crippen LogP contribution in [-0.2, 0) is 16.0 Å². The number of benzene rings is 1. The summed E-state index contributed by atoms with van der Waals surface area (Å²) in [6.45, 7) is 1.58. The first-order valence-corrected chi connectivity index (χ1v) is 6.13. The van der Waals surface area contributed by atoms with Crippen LogP contribution in [0.3, 0.4) is 0 Å². The first kappa shape index (κ1) is 15.6. The Bertz CT molecular complexity index is 515. The molecule has 0 aliphatic heterocycles. The van der Waals surface area contributed by atoms with E-state index >= 15 is 0 Å². The summed E-state index contributed by atoms with van der Waals surface area (Å²) in [6, 6.07) is 6.09. The molecule has 1 unspecified atom stereocenters. The lowest BCUT2D eigenvalue weighted by Gasteiger charge is -2.08. The lowest BCUT2D eigenvalue weighted by molar-refractivity contribution is -0.384. The standard InChI is InChI=1S/C13H16N2O5/c1-9(13(17)18)8-14-12(16)6-5-10-3-2-4-11(7-10)15(19)20/h2-4,7,9H,5-6,8H2,1H3,(H,14,16)(H,17,18). The van der Waals surface area contributed by atoms with Gasteiger partial charge in [-0.05, 0) is 12.0 Å². The van der Waals surface area contributed by atoms with Gasteiger partial charge in [0.25, 0.3) is 5.69 Å². The number of nitro groups is 1. The van der Waals surface area contributed by atoms with Gasteiger partial charge in [-0.25, -0.2) is 0 Å². The second kappa shape index (κ2) is 7.22. The van der Waals surface area contributed by atoms with Crippen LogP contribution in [0, 0.1) is 16.0 Å². The topological polar surface area (TPSA) is 110 Å². The van der Waals surface area contributed by atoms with Crippen LogP contribution in [0.4, 0.5) is 5.69 Å². The number of carbonyl (C=O) groups is 2. The highest BCUT2D eigenvalue weighted by Gasteiger charge is 2.12. The van der Waals surface area contributed by atoms with E-state index in [2.05, 4.69) is 5.32 Å². The molecule has 0 aliphatic rings. The number of carbonyl (C=O) groups excluding carboxylic acids is 1. The Morgan fingerprint density at radius 1 is 1.45 bits per heavy atom. The normalized spacial score (nSPS) is 11.7. The van der Waals surface area contributed by atoms with Gasteiger partial charge in [0.05, 0.1) is 10.8 Å². The highest BCUT2D eigenvalue weighted by molar-refractivity contribution is 5.77. The molecule has 0 saturated carbocycles. The van der Waals surface area contributed by atoms with Crippen molar-refractivity contribution in [3.63, 3.8) is 0 Å². The average Bonchev–Trinajstić information content (AvgIpc) is 2.42.